The van der Waals surface area contributed by atoms with Gasteiger partial charge in [0.2, 0.25) is 0 Å². The van der Waals surface area contributed by atoms with E-state index in [-0.39, 0.29) is 24.3 Å². The van der Waals surface area contributed by atoms with E-state index < -0.39 is 28.9 Å². The number of carbonyl (C=O) groups excluding carboxylic acids is 2. The second-order valence-electron chi connectivity index (χ2n) is 12.2. The standard InChI is InChI=1S/C31H36BrF2N5O4/c1-20-14-21(32)7-8-26(20)27-6-5-11-38(27)28(40)31(9-12-37(13-10-31)29(41)43-30(2,3)4)39-18-24(35-36-39)19-42-25-16-22(33)15-23(34)17-25/h7-8,14-18,27H,5-6,9-13,19H2,1-4H3. The summed E-state index contributed by atoms with van der Waals surface area (Å²) < 4.78 is 41.0. The number of amides is 2. The van der Waals surface area contributed by atoms with Gasteiger partial charge in [0.05, 0.1) is 12.2 Å². The van der Waals surface area contributed by atoms with Crippen LogP contribution < -0.4 is 4.74 Å². The lowest BCUT2D eigenvalue weighted by atomic mass is 9.85. The summed E-state index contributed by atoms with van der Waals surface area (Å²) >= 11 is 3.53. The van der Waals surface area contributed by atoms with Crippen LogP contribution >= 0.6 is 15.9 Å². The van der Waals surface area contributed by atoms with E-state index >= 15 is 0 Å². The van der Waals surface area contributed by atoms with E-state index in [1.54, 1.807) is 15.8 Å². The van der Waals surface area contributed by atoms with Crippen molar-refractivity contribution in [1.82, 2.24) is 24.8 Å². The molecule has 230 valence electrons. The van der Waals surface area contributed by atoms with Gasteiger partial charge in [-0.3, -0.25) is 4.79 Å². The van der Waals surface area contributed by atoms with E-state index in [2.05, 4.69) is 38.4 Å². The SMILES string of the molecule is Cc1cc(Br)ccc1C1CCCN1C(=O)C1(n2cc(COc3cc(F)cc(F)c3)nn2)CCN(C(=O)OC(C)(C)C)CC1. The van der Waals surface area contributed by atoms with Crippen LogP contribution in [-0.4, -0.2) is 62.0 Å². The number of carbonyl (C=O) groups is 2. The Bertz CT molecular complexity index is 1480. The average molecular weight is 661 g/mol. The Morgan fingerprint density at radius 3 is 2.42 bits per heavy atom. The second kappa shape index (κ2) is 12.2. The molecule has 0 N–H and O–H groups in total. The summed E-state index contributed by atoms with van der Waals surface area (Å²) in [6.45, 7) is 8.60. The lowest BCUT2D eigenvalue weighted by molar-refractivity contribution is -0.145. The Kier molecular flexibility index (Phi) is 8.78. The number of aromatic nitrogens is 3. The van der Waals surface area contributed by atoms with Crippen molar-refractivity contribution in [3.8, 4) is 5.75 Å². The Morgan fingerprint density at radius 2 is 1.77 bits per heavy atom. The molecule has 2 saturated heterocycles. The average Bonchev–Trinajstić information content (AvgIpc) is 3.61. The monoisotopic (exact) mass is 659 g/mol. The van der Waals surface area contributed by atoms with Gasteiger partial charge in [-0.05, 0) is 76.6 Å². The molecule has 12 heteroatoms. The van der Waals surface area contributed by atoms with E-state index in [1.165, 1.54) is 0 Å². The molecule has 43 heavy (non-hydrogen) atoms. The third kappa shape index (κ3) is 6.84. The van der Waals surface area contributed by atoms with Crippen LogP contribution in [0.1, 0.15) is 69.3 Å². The van der Waals surface area contributed by atoms with Crippen LogP contribution in [0.25, 0.3) is 0 Å². The van der Waals surface area contributed by atoms with Crippen LogP contribution in [0.15, 0.2) is 47.1 Å². The zero-order valence-corrected chi connectivity index (χ0v) is 26.4. The van der Waals surface area contributed by atoms with E-state index in [0.717, 1.165) is 46.6 Å². The van der Waals surface area contributed by atoms with E-state index in [1.807, 2.05) is 38.7 Å². The highest BCUT2D eigenvalue weighted by Gasteiger charge is 2.50. The molecule has 5 rings (SSSR count). The highest BCUT2D eigenvalue weighted by atomic mass is 79.9. The van der Waals surface area contributed by atoms with E-state index in [0.29, 0.717) is 38.2 Å². The summed E-state index contributed by atoms with van der Waals surface area (Å²) in [6, 6.07) is 8.96. The summed E-state index contributed by atoms with van der Waals surface area (Å²) in [7, 11) is 0. The van der Waals surface area contributed by atoms with Gasteiger partial charge in [0, 0.05) is 42.3 Å². The van der Waals surface area contributed by atoms with Gasteiger partial charge in [0.1, 0.15) is 40.8 Å². The van der Waals surface area contributed by atoms with Gasteiger partial charge in [-0.15, -0.1) is 5.10 Å². The molecule has 3 aromatic rings. The lowest BCUT2D eigenvalue weighted by Gasteiger charge is -2.43. The summed E-state index contributed by atoms with van der Waals surface area (Å²) in [5.74, 6) is -1.55. The van der Waals surface area contributed by atoms with E-state index in [9.17, 15) is 18.4 Å². The molecule has 0 saturated carbocycles. The molecule has 3 heterocycles. The number of hydrogen-bond acceptors (Lipinski definition) is 6. The van der Waals surface area contributed by atoms with Crippen LogP contribution in [0, 0.1) is 18.6 Å². The van der Waals surface area contributed by atoms with Crippen molar-refractivity contribution in [2.24, 2.45) is 0 Å². The van der Waals surface area contributed by atoms with Gasteiger partial charge >= 0.3 is 6.09 Å². The van der Waals surface area contributed by atoms with Gasteiger partial charge in [0.25, 0.3) is 5.91 Å². The van der Waals surface area contributed by atoms with Crippen molar-refractivity contribution in [3.05, 3.63) is 75.5 Å². The zero-order valence-electron chi connectivity index (χ0n) is 24.8. The topological polar surface area (TPSA) is 89.8 Å². The maximum Gasteiger partial charge on any atom is 0.410 e. The number of benzene rings is 2. The molecule has 2 fully saturated rings. The minimum absolute atomic E-state index is 0.0216. The van der Waals surface area contributed by atoms with Crippen LogP contribution in [0.5, 0.6) is 5.75 Å². The van der Waals surface area contributed by atoms with Crippen molar-refractivity contribution in [3.63, 3.8) is 0 Å². The quantitative estimate of drug-likeness (QED) is 0.309. The van der Waals surface area contributed by atoms with Gasteiger partial charge in [-0.2, -0.15) is 0 Å². The maximum absolute atomic E-state index is 14.6. The molecule has 1 unspecified atom stereocenters. The third-order valence-corrected chi connectivity index (χ3v) is 8.44. The summed E-state index contributed by atoms with van der Waals surface area (Å²) in [4.78, 5) is 31.1. The Labute approximate surface area is 258 Å². The van der Waals surface area contributed by atoms with E-state index in [4.69, 9.17) is 9.47 Å². The van der Waals surface area contributed by atoms with Crippen molar-refractivity contribution < 1.29 is 27.8 Å². The number of hydrogen-bond donors (Lipinski definition) is 0. The first-order chi connectivity index (χ1) is 20.3. The number of piperidine rings is 1. The van der Waals surface area contributed by atoms with Gasteiger partial charge in [-0.1, -0.05) is 27.2 Å². The van der Waals surface area contributed by atoms with Crippen LogP contribution in [0.3, 0.4) is 0 Å². The Morgan fingerprint density at radius 1 is 1.07 bits per heavy atom. The van der Waals surface area contributed by atoms with Gasteiger partial charge in [0.15, 0.2) is 0 Å². The molecule has 0 aliphatic carbocycles. The number of nitrogens with zero attached hydrogens (tertiary/aromatic N) is 5. The predicted octanol–water partition coefficient (Wildman–Crippen LogP) is 6.30. The Hall–Kier alpha value is -3.54. The van der Waals surface area contributed by atoms with Crippen LogP contribution in [-0.2, 0) is 21.7 Å². The highest BCUT2D eigenvalue weighted by molar-refractivity contribution is 9.10. The molecule has 0 spiro atoms. The summed E-state index contributed by atoms with van der Waals surface area (Å²) in [6.07, 6.45) is 3.56. The van der Waals surface area contributed by atoms with Crippen molar-refractivity contribution in [1.29, 1.82) is 0 Å². The molecule has 0 radical (unpaired) electrons. The van der Waals surface area contributed by atoms with Gasteiger partial charge < -0.3 is 19.3 Å². The summed E-state index contributed by atoms with van der Waals surface area (Å²) in [5, 5.41) is 8.59. The van der Waals surface area contributed by atoms with Crippen molar-refractivity contribution >= 4 is 27.9 Å². The predicted molar refractivity (Wildman–Crippen MR) is 158 cm³/mol. The number of halogens is 3. The molecular formula is C31H36BrF2N5O4. The van der Waals surface area contributed by atoms with Crippen LogP contribution in [0.2, 0.25) is 0 Å². The molecule has 2 aliphatic heterocycles. The third-order valence-electron chi connectivity index (χ3n) is 7.95. The molecule has 1 aromatic heterocycles. The maximum atomic E-state index is 14.6. The molecular weight excluding hydrogens is 624 g/mol. The molecule has 9 nitrogen and oxygen atoms in total. The minimum Gasteiger partial charge on any atom is -0.487 e. The van der Waals surface area contributed by atoms with Gasteiger partial charge in [-0.25, -0.2) is 18.3 Å². The summed E-state index contributed by atoms with van der Waals surface area (Å²) in [5.41, 5.74) is 0.860. The fourth-order valence-corrected chi connectivity index (χ4v) is 6.36. The van der Waals surface area contributed by atoms with Crippen molar-refractivity contribution in [2.75, 3.05) is 19.6 Å². The molecule has 2 amide bonds. The lowest BCUT2D eigenvalue weighted by Crippen LogP contribution is -2.57. The second-order valence-corrected chi connectivity index (χ2v) is 13.1. The Balaban J connectivity index is 1.42. The fourth-order valence-electron chi connectivity index (χ4n) is 5.88. The first-order valence-corrected chi connectivity index (χ1v) is 15.2. The van der Waals surface area contributed by atoms with Crippen LogP contribution in [0.4, 0.5) is 13.6 Å². The number of rotatable bonds is 6. The first kappa shape index (κ1) is 30.9. The first-order valence-electron chi connectivity index (χ1n) is 14.4. The molecule has 0 bridgehead atoms. The minimum atomic E-state index is -1.10. The molecule has 2 aliphatic rings. The number of likely N-dealkylation sites (tertiary alicyclic amines) is 2. The zero-order chi connectivity index (χ0) is 30.9. The number of ether oxygens (including phenoxy) is 2. The largest absolute Gasteiger partial charge is 0.487 e. The molecule has 2 aromatic carbocycles. The number of aryl methyl sites for hydroxylation is 1. The molecule has 1 atom stereocenters. The normalized spacial score (nSPS) is 18.5. The smallest absolute Gasteiger partial charge is 0.410 e. The fraction of sp³-hybridized carbons (Fsp3) is 0.484. The highest BCUT2D eigenvalue weighted by Crippen LogP contribution is 2.40. The van der Waals surface area contributed by atoms with Crippen molar-refractivity contribution in [2.45, 2.75) is 77.2 Å².